The second-order valence-electron chi connectivity index (χ2n) is 7.20. The van der Waals surface area contributed by atoms with Gasteiger partial charge in [0.2, 0.25) is 0 Å². The summed E-state index contributed by atoms with van der Waals surface area (Å²) >= 11 is 0. The molecule has 0 heterocycles. The number of ether oxygens (including phenoxy) is 1. The van der Waals surface area contributed by atoms with Gasteiger partial charge in [0.25, 0.3) is 0 Å². The molecule has 1 aromatic carbocycles. The van der Waals surface area contributed by atoms with E-state index in [1.807, 2.05) is 13.8 Å². The smallest absolute Gasteiger partial charge is 0.319 e. The molecule has 5 nitrogen and oxygen atoms in total. The Kier molecular flexibility index (Phi) is 6.43. The van der Waals surface area contributed by atoms with Gasteiger partial charge in [-0.1, -0.05) is 13.8 Å². The number of rotatable bonds is 9. The lowest BCUT2D eigenvalue weighted by Gasteiger charge is -2.21. The van der Waals surface area contributed by atoms with Crippen molar-refractivity contribution < 1.29 is 19.0 Å². The summed E-state index contributed by atoms with van der Waals surface area (Å²) in [5.41, 5.74) is 0.323. The molecule has 0 atom stereocenters. The Balaban J connectivity index is 1.79. The molecule has 1 aliphatic carbocycles. The van der Waals surface area contributed by atoms with E-state index >= 15 is 0 Å². The van der Waals surface area contributed by atoms with E-state index in [1.54, 1.807) is 0 Å². The minimum absolute atomic E-state index is 0.121. The van der Waals surface area contributed by atoms with Crippen LogP contribution in [0, 0.1) is 17.2 Å². The monoisotopic (exact) mass is 338 g/mol. The van der Waals surface area contributed by atoms with Gasteiger partial charge in [-0.25, -0.2) is 9.18 Å². The fraction of sp³-hybridized carbons (Fsp3) is 0.611. The molecule has 1 fully saturated rings. The van der Waals surface area contributed by atoms with Crippen LogP contribution in [0.1, 0.15) is 39.5 Å². The average Bonchev–Trinajstić information content (AvgIpc) is 3.36. The number of aliphatic hydroxyl groups is 1. The van der Waals surface area contributed by atoms with Crippen LogP contribution in [0.25, 0.3) is 0 Å². The highest BCUT2D eigenvalue weighted by molar-refractivity contribution is 5.90. The fourth-order valence-corrected chi connectivity index (χ4v) is 2.23. The first kappa shape index (κ1) is 18.5. The minimum Gasteiger partial charge on any atom is -0.491 e. The van der Waals surface area contributed by atoms with E-state index in [4.69, 9.17) is 4.74 Å². The molecule has 1 aliphatic rings. The molecule has 0 spiro atoms. The SMILES string of the molecule is CC(C)(CO)CCCNC(=O)Nc1ccc(F)cc1OCC1CC1. The maximum Gasteiger partial charge on any atom is 0.319 e. The molecule has 0 radical (unpaired) electrons. The summed E-state index contributed by atoms with van der Waals surface area (Å²) in [6.07, 6.45) is 3.87. The first-order valence-corrected chi connectivity index (χ1v) is 8.48. The minimum atomic E-state index is -0.391. The molecule has 0 saturated heterocycles. The molecule has 1 saturated carbocycles. The summed E-state index contributed by atoms with van der Waals surface area (Å²) in [6, 6.07) is 3.75. The van der Waals surface area contributed by atoms with Gasteiger partial charge in [0.15, 0.2) is 0 Å². The van der Waals surface area contributed by atoms with Crippen LogP contribution < -0.4 is 15.4 Å². The van der Waals surface area contributed by atoms with Gasteiger partial charge in [-0.05, 0) is 49.1 Å². The lowest BCUT2D eigenvalue weighted by Crippen LogP contribution is -2.30. The van der Waals surface area contributed by atoms with Gasteiger partial charge < -0.3 is 20.5 Å². The van der Waals surface area contributed by atoms with Gasteiger partial charge in [-0.3, -0.25) is 0 Å². The van der Waals surface area contributed by atoms with Crippen LogP contribution in [-0.4, -0.2) is 30.9 Å². The van der Waals surface area contributed by atoms with E-state index in [9.17, 15) is 14.3 Å². The molecule has 0 aliphatic heterocycles. The van der Waals surface area contributed by atoms with Gasteiger partial charge in [-0.15, -0.1) is 0 Å². The van der Waals surface area contributed by atoms with Crippen molar-refractivity contribution >= 4 is 11.7 Å². The van der Waals surface area contributed by atoms with Crippen LogP contribution in [0.3, 0.4) is 0 Å². The Morgan fingerprint density at radius 3 is 2.83 bits per heavy atom. The largest absolute Gasteiger partial charge is 0.491 e. The number of hydrogen-bond donors (Lipinski definition) is 3. The van der Waals surface area contributed by atoms with Crippen LogP contribution in [0.2, 0.25) is 0 Å². The Bertz CT molecular complexity index is 559. The Morgan fingerprint density at radius 1 is 1.42 bits per heavy atom. The zero-order chi connectivity index (χ0) is 17.6. The Hall–Kier alpha value is -1.82. The van der Waals surface area contributed by atoms with E-state index in [-0.39, 0.29) is 18.1 Å². The Morgan fingerprint density at radius 2 is 2.17 bits per heavy atom. The lowest BCUT2D eigenvalue weighted by molar-refractivity contribution is 0.148. The third kappa shape index (κ3) is 6.35. The molecule has 134 valence electrons. The van der Waals surface area contributed by atoms with Gasteiger partial charge in [0.05, 0.1) is 12.3 Å². The lowest BCUT2D eigenvalue weighted by atomic mass is 9.89. The van der Waals surface area contributed by atoms with Gasteiger partial charge in [-0.2, -0.15) is 0 Å². The van der Waals surface area contributed by atoms with Crippen molar-refractivity contribution in [1.29, 1.82) is 0 Å². The number of carbonyl (C=O) groups is 1. The molecule has 6 heteroatoms. The van der Waals surface area contributed by atoms with E-state index in [2.05, 4.69) is 10.6 Å². The van der Waals surface area contributed by atoms with Crippen molar-refractivity contribution in [2.45, 2.75) is 39.5 Å². The fourth-order valence-electron chi connectivity index (χ4n) is 2.23. The molecule has 24 heavy (non-hydrogen) atoms. The number of benzene rings is 1. The van der Waals surface area contributed by atoms with Crippen molar-refractivity contribution in [3.63, 3.8) is 0 Å². The first-order chi connectivity index (χ1) is 11.4. The van der Waals surface area contributed by atoms with Crippen LogP contribution in [0.5, 0.6) is 5.75 Å². The molecule has 1 aromatic rings. The second-order valence-corrected chi connectivity index (χ2v) is 7.20. The summed E-state index contributed by atoms with van der Waals surface area (Å²) in [7, 11) is 0. The highest BCUT2D eigenvalue weighted by Gasteiger charge is 2.22. The van der Waals surface area contributed by atoms with Crippen molar-refractivity contribution in [1.82, 2.24) is 5.32 Å². The molecule has 0 aromatic heterocycles. The van der Waals surface area contributed by atoms with E-state index in [0.717, 1.165) is 25.7 Å². The van der Waals surface area contributed by atoms with Crippen LogP contribution in [0.4, 0.5) is 14.9 Å². The normalized spacial score (nSPS) is 14.3. The van der Waals surface area contributed by atoms with E-state index < -0.39 is 5.82 Å². The molecular weight excluding hydrogens is 311 g/mol. The zero-order valence-electron chi connectivity index (χ0n) is 14.4. The molecule has 0 bridgehead atoms. The van der Waals surface area contributed by atoms with Gasteiger partial charge >= 0.3 is 6.03 Å². The molecule has 0 unspecified atom stereocenters. The third-order valence-electron chi connectivity index (χ3n) is 4.11. The van der Waals surface area contributed by atoms with Crippen LogP contribution >= 0.6 is 0 Å². The first-order valence-electron chi connectivity index (χ1n) is 8.48. The number of urea groups is 1. The average molecular weight is 338 g/mol. The summed E-state index contributed by atoms with van der Waals surface area (Å²) in [6.45, 7) is 5.14. The number of anilines is 1. The number of amides is 2. The van der Waals surface area contributed by atoms with E-state index in [0.29, 0.717) is 30.5 Å². The number of carbonyl (C=O) groups excluding carboxylic acids is 1. The molecule has 2 amide bonds. The third-order valence-corrected chi connectivity index (χ3v) is 4.11. The summed E-state index contributed by atoms with van der Waals surface area (Å²) < 4.78 is 19.0. The molecule has 3 N–H and O–H groups in total. The van der Waals surface area contributed by atoms with Crippen LogP contribution in [0.15, 0.2) is 18.2 Å². The molecular formula is C18H27FN2O3. The summed E-state index contributed by atoms with van der Waals surface area (Å²) in [5.74, 6) is 0.515. The topological polar surface area (TPSA) is 70.6 Å². The number of hydrogen-bond acceptors (Lipinski definition) is 3. The second kappa shape index (κ2) is 8.33. The summed E-state index contributed by atoms with van der Waals surface area (Å²) in [4.78, 5) is 12.0. The van der Waals surface area contributed by atoms with Gasteiger partial charge in [0, 0.05) is 19.2 Å². The number of aliphatic hydroxyl groups excluding tert-OH is 1. The number of nitrogens with one attached hydrogen (secondary N) is 2. The van der Waals surface area contributed by atoms with Crippen molar-refractivity contribution in [3.05, 3.63) is 24.0 Å². The Labute approximate surface area is 142 Å². The number of halogens is 1. The van der Waals surface area contributed by atoms with Crippen molar-refractivity contribution in [2.75, 3.05) is 25.1 Å². The predicted molar refractivity (Wildman–Crippen MR) is 91.7 cm³/mol. The quantitative estimate of drug-likeness (QED) is 0.603. The predicted octanol–water partition coefficient (Wildman–Crippen LogP) is 3.53. The maximum atomic E-state index is 13.4. The van der Waals surface area contributed by atoms with Crippen LogP contribution in [-0.2, 0) is 0 Å². The maximum absolute atomic E-state index is 13.4. The zero-order valence-corrected chi connectivity index (χ0v) is 14.4. The standard InChI is InChI=1S/C18H27FN2O3/c1-18(2,12-22)8-3-9-20-17(23)21-15-7-6-14(19)10-16(15)24-11-13-4-5-13/h6-7,10,13,22H,3-5,8-9,11-12H2,1-2H3,(H2,20,21,23). The summed E-state index contributed by atoms with van der Waals surface area (Å²) in [5, 5.41) is 14.7. The van der Waals surface area contributed by atoms with Crippen molar-refractivity contribution in [2.24, 2.45) is 11.3 Å². The highest BCUT2D eigenvalue weighted by atomic mass is 19.1. The highest BCUT2D eigenvalue weighted by Crippen LogP contribution is 2.32. The van der Waals surface area contributed by atoms with E-state index in [1.165, 1.54) is 18.2 Å². The van der Waals surface area contributed by atoms with Crippen molar-refractivity contribution in [3.8, 4) is 5.75 Å². The molecule has 2 rings (SSSR count). The van der Waals surface area contributed by atoms with Gasteiger partial charge in [0.1, 0.15) is 11.6 Å².